The zero-order chi connectivity index (χ0) is 12.7. The number of alkyl halides is 1. The van der Waals surface area contributed by atoms with Gasteiger partial charge in [-0.05, 0) is 62.8 Å². The number of rotatable bonds is 2. The van der Waals surface area contributed by atoms with Crippen molar-refractivity contribution in [3.63, 3.8) is 0 Å². The van der Waals surface area contributed by atoms with Crippen LogP contribution >= 0.6 is 34.3 Å². The molecule has 0 amide bonds. The zero-order valence-corrected chi connectivity index (χ0v) is 13.1. The van der Waals surface area contributed by atoms with Crippen molar-refractivity contribution in [1.82, 2.24) is 0 Å². The Hall–Kier alpha value is -0.310. The first-order valence-electron chi connectivity index (χ1n) is 6.47. The van der Waals surface area contributed by atoms with Gasteiger partial charge in [-0.2, -0.15) is 0 Å². The minimum atomic E-state index is 0.0468. The molecule has 0 saturated carbocycles. The maximum absolute atomic E-state index is 6.69. The zero-order valence-electron chi connectivity index (χ0n) is 10.8. The Labute approximate surface area is 122 Å². The highest BCUT2D eigenvalue weighted by Crippen LogP contribution is 2.41. The lowest BCUT2D eigenvalue weighted by atomic mass is 9.99. The van der Waals surface area contributed by atoms with Gasteiger partial charge in [-0.25, -0.2) is 0 Å². The van der Waals surface area contributed by atoms with Crippen LogP contribution in [0.2, 0.25) is 0 Å². The summed E-state index contributed by atoms with van der Waals surface area (Å²) in [7, 11) is 0. The van der Waals surface area contributed by atoms with Crippen LogP contribution in [0.5, 0.6) is 0 Å². The van der Waals surface area contributed by atoms with E-state index >= 15 is 0 Å². The van der Waals surface area contributed by atoms with Crippen molar-refractivity contribution < 1.29 is 0 Å². The Morgan fingerprint density at radius 3 is 2.56 bits per heavy atom. The molecule has 1 aliphatic carbocycles. The lowest BCUT2D eigenvalue weighted by Gasteiger charge is -2.08. The Kier molecular flexibility index (Phi) is 3.52. The molecule has 0 aromatic carbocycles. The second-order valence-electron chi connectivity index (χ2n) is 5.04. The summed E-state index contributed by atoms with van der Waals surface area (Å²) in [5, 5.41) is 0.0468. The van der Waals surface area contributed by atoms with E-state index in [1.807, 2.05) is 22.7 Å². The fourth-order valence-electron chi connectivity index (χ4n) is 2.69. The number of aryl methyl sites for hydroxylation is 4. The van der Waals surface area contributed by atoms with Crippen molar-refractivity contribution in [3.05, 3.63) is 42.8 Å². The quantitative estimate of drug-likeness (QED) is 0.630. The van der Waals surface area contributed by atoms with E-state index in [4.69, 9.17) is 11.6 Å². The number of hydrogen-bond donors (Lipinski definition) is 0. The molecule has 2 heterocycles. The number of hydrogen-bond acceptors (Lipinski definition) is 2. The average Bonchev–Trinajstić information content (AvgIpc) is 2.91. The van der Waals surface area contributed by atoms with Gasteiger partial charge < -0.3 is 0 Å². The molecule has 2 aromatic rings. The fraction of sp³-hybridized carbons (Fsp3) is 0.467. The van der Waals surface area contributed by atoms with E-state index in [0.717, 1.165) is 0 Å². The SMILES string of the molecule is Cc1cc(C(Cl)c2cc3c(s2)CCCC3)c(C)s1. The summed E-state index contributed by atoms with van der Waals surface area (Å²) >= 11 is 10.5. The molecule has 18 heavy (non-hydrogen) atoms. The molecule has 0 radical (unpaired) electrons. The van der Waals surface area contributed by atoms with Crippen LogP contribution in [0, 0.1) is 13.8 Å². The topological polar surface area (TPSA) is 0 Å². The summed E-state index contributed by atoms with van der Waals surface area (Å²) in [6, 6.07) is 4.60. The highest BCUT2D eigenvalue weighted by Gasteiger charge is 2.21. The molecule has 2 aromatic heterocycles. The number of thiophene rings is 2. The van der Waals surface area contributed by atoms with Crippen molar-refractivity contribution in [2.45, 2.75) is 44.9 Å². The van der Waals surface area contributed by atoms with Gasteiger partial charge in [-0.3, -0.25) is 0 Å². The molecule has 3 rings (SSSR count). The lowest BCUT2D eigenvalue weighted by Crippen LogP contribution is -1.96. The first-order valence-corrected chi connectivity index (χ1v) is 8.54. The fourth-order valence-corrected chi connectivity index (χ4v) is 5.40. The largest absolute Gasteiger partial charge is 0.146 e. The first kappa shape index (κ1) is 12.7. The monoisotopic (exact) mass is 296 g/mol. The molecule has 0 nitrogen and oxygen atoms in total. The smallest absolute Gasteiger partial charge is 0.0938 e. The second kappa shape index (κ2) is 4.99. The average molecular weight is 297 g/mol. The van der Waals surface area contributed by atoms with E-state index in [2.05, 4.69) is 26.0 Å². The predicted octanol–water partition coefficient (Wildman–Crippen LogP) is 5.63. The van der Waals surface area contributed by atoms with Crippen LogP contribution in [-0.4, -0.2) is 0 Å². The summed E-state index contributed by atoms with van der Waals surface area (Å²) in [5.74, 6) is 0. The van der Waals surface area contributed by atoms with Gasteiger partial charge in [0.25, 0.3) is 0 Å². The van der Waals surface area contributed by atoms with Gasteiger partial charge in [-0.1, -0.05) is 0 Å². The van der Waals surface area contributed by atoms with Crippen molar-refractivity contribution in [1.29, 1.82) is 0 Å². The third kappa shape index (κ3) is 2.26. The van der Waals surface area contributed by atoms with Crippen molar-refractivity contribution in [2.24, 2.45) is 0 Å². The molecule has 1 atom stereocenters. The van der Waals surface area contributed by atoms with Crippen LogP contribution in [0.25, 0.3) is 0 Å². The summed E-state index contributed by atoms with van der Waals surface area (Å²) in [6.07, 6.45) is 5.19. The molecule has 0 N–H and O–H groups in total. The van der Waals surface area contributed by atoms with Gasteiger partial charge in [0.05, 0.1) is 5.38 Å². The van der Waals surface area contributed by atoms with E-state index in [1.54, 1.807) is 10.4 Å². The minimum Gasteiger partial charge on any atom is -0.146 e. The molecular weight excluding hydrogens is 280 g/mol. The molecule has 3 heteroatoms. The molecular formula is C15H17ClS2. The van der Waals surface area contributed by atoms with Gasteiger partial charge >= 0.3 is 0 Å². The summed E-state index contributed by atoms with van der Waals surface area (Å²) < 4.78 is 0. The third-order valence-electron chi connectivity index (χ3n) is 3.62. The van der Waals surface area contributed by atoms with Crippen LogP contribution in [0.3, 0.4) is 0 Å². The number of fused-ring (bicyclic) bond motifs is 1. The predicted molar refractivity (Wildman–Crippen MR) is 82.5 cm³/mol. The van der Waals surface area contributed by atoms with Crippen LogP contribution < -0.4 is 0 Å². The van der Waals surface area contributed by atoms with Crippen molar-refractivity contribution in [3.8, 4) is 0 Å². The summed E-state index contributed by atoms with van der Waals surface area (Å²) in [6.45, 7) is 4.33. The molecule has 1 aliphatic rings. The van der Waals surface area contributed by atoms with Crippen LogP contribution in [0.4, 0.5) is 0 Å². The van der Waals surface area contributed by atoms with E-state index in [1.165, 1.54) is 45.9 Å². The van der Waals surface area contributed by atoms with Crippen molar-refractivity contribution in [2.75, 3.05) is 0 Å². The van der Waals surface area contributed by atoms with E-state index in [9.17, 15) is 0 Å². The minimum absolute atomic E-state index is 0.0468. The van der Waals surface area contributed by atoms with Gasteiger partial charge in [0.1, 0.15) is 0 Å². The molecule has 1 unspecified atom stereocenters. The van der Waals surface area contributed by atoms with Gasteiger partial charge in [0.2, 0.25) is 0 Å². The third-order valence-corrected chi connectivity index (χ3v) is 6.50. The lowest BCUT2D eigenvalue weighted by molar-refractivity contribution is 0.697. The molecule has 96 valence electrons. The Morgan fingerprint density at radius 1 is 1.11 bits per heavy atom. The van der Waals surface area contributed by atoms with Crippen LogP contribution in [0.15, 0.2) is 12.1 Å². The van der Waals surface area contributed by atoms with Gasteiger partial charge in [-0.15, -0.1) is 34.3 Å². The second-order valence-corrected chi connectivity index (χ2v) is 8.10. The molecule has 0 saturated heterocycles. The number of halogens is 1. The Bertz CT molecular complexity index is 542. The Balaban J connectivity index is 1.94. The molecule has 0 spiro atoms. The van der Waals surface area contributed by atoms with E-state index in [-0.39, 0.29) is 5.38 Å². The van der Waals surface area contributed by atoms with Crippen LogP contribution in [-0.2, 0) is 12.8 Å². The first-order chi connectivity index (χ1) is 8.65. The van der Waals surface area contributed by atoms with E-state index < -0.39 is 0 Å². The van der Waals surface area contributed by atoms with E-state index in [0.29, 0.717) is 0 Å². The normalized spacial score (nSPS) is 16.6. The summed E-state index contributed by atoms with van der Waals surface area (Å²) in [4.78, 5) is 5.63. The summed E-state index contributed by atoms with van der Waals surface area (Å²) in [5.41, 5.74) is 2.86. The maximum atomic E-state index is 6.69. The highest BCUT2D eigenvalue weighted by molar-refractivity contribution is 7.13. The van der Waals surface area contributed by atoms with Gasteiger partial charge in [0, 0.05) is 19.5 Å². The highest BCUT2D eigenvalue weighted by atomic mass is 35.5. The van der Waals surface area contributed by atoms with Gasteiger partial charge in [0.15, 0.2) is 0 Å². The standard InChI is InChI=1S/C15H17ClS2/c1-9-7-12(10(2)17-9)15(16)14-8-11-5-3-4-6-13(11)18-14/h7-8,15H,3-6H2,1-2H3. The van der Waals surface area contributed by atoms with Crippen molar-refractivity contribution >= 4 is 34.3 Å². The van der Waals surface area contributed by atoms with Crippen LogP contribution in [0.1, 0.15) is 48.9 Å². The molecule has 0 aliphatic heterocycles. The maximum Gasteiger partial charge on any atom is 0.0938 e. The Morgan fingerprint density at radius 2 is 1.89 bits per heavy atom. The molecule has 0 bridgehead atoms. The molecule has 0 fully saturated rings.